The molecule has 2 aliphatic rings. The van der Waals surface area contributed by atoms with Crippen LogP contribution in [-0.4, -0.2) is 52.9 Å². The van der Waals surface area contributed by atoms with E-state index in [2.05, 4.69) is 23.7 Å². The van der Waals surface area contributed by atoms with E-state index >= 15 is 0 Å². The topological polar surface area (TPSA) is 36.4 Å². The van der Waals surface area contributed by atoms with Gasteiger partial charge in [0, 0.05) is 56.1 Å². The molecule has 1 amide bonds. The standard InChI is InChI=1S/C15H21N3O/c1-11(2)7-17-8-13-9-18(10-14(13)17)15(19)12-3-5-16-6-4-12/h3-6,11,13-14H,7-10H2,1-2H3/t13-,14-/m0/s1. The smallest absolute Gasteiger partial charge is 0.254 e. The maximum atomic E-state index is 12.4. The number of carbonyl (C=O) groups excluding carboxylic acids is 1. The molecule has 0 aromatic carbocycles. The number of carbonyl (C=O) groups is 1. The first-order chi connectivity index (χ1) is 9.15. The Morgan fingerprint density at radius 3 is 2.74 bits per heavy atom. The van der Waals surface area contributed by atoms with Crippen LogP contribution in [0.1, 0.15) is 24.2 Å². The normalized spacial score (nSPS) is 26.4. The largest absolute Gasteiger partial charge is 0.337 e. The molecule has 0 radical (unpaired) electrons. The summed E-state index contributed by atoms with van der Waals surface area (Å²) in [6.07, 6.45) is 3.37. The van der Waals surface area contributed by atoms with Gasteiger partial charge in [-0.3, -0.25) is 14.7 Å². The van der Waals surface area contributed by atoms with Crippen molar-refractivity contribution < 1.29 is 4.79 Å². The molecule has 0 bridgehead atoms. The molecule has 0 aliphatic carbocycles. The van der Waals surface area contributed by atoms with Crippen molar-refractivity contribution >= 4 is 5.91 Å². The van der Waals surface area contributed by atoms with Crippen molar-refractivity contribution in [2.45, 2.75) is 19.9 Å². The van der Waals surface area contributed by atoms with E-state index in [9.17, 15) is 4.79 Å². The van der Waals surface area contributed by atoms with Crippen LogP contribution in [0.2, 0.25) is 0 Å². The molecular weight excluding hydrogens is 238 g/mol. The zero-order chi connectivity index (χ0) is 13.4. The van der Waals surface area contributed by atoms with Crippen LogP contribution in [0.3, 0.4) is 0 Å². The molecule has 0 saturated carbocycles. The molecule has 2 fully saturated rings. The summed E-state index contributed by atoms with van der Waals surface area (Å²) >= 11 is 0. The highest BCUT2D eigenvalue weighted by Gasteiger charge is 2.46. The quantitative estimate of drug-likeness (QED) is 0.825. The summed E-state index contributed by atoms with van der Waals surface area (Å²) in [4.78, 5) is 20.9. The minimum atomic E-state index is 0.154. The fraction of sp³-hybridized carbons (Fsp3) is 0.600. The van der Waals surface area contributed by atoms with Crippen molar-refractivity contribution in [1.82, 2.24) is 14.8 Å². The second-order valence-corrected chi connectivity index (χ2v) is 6.12. The number of amides is 1. The number of nitrogens with zero attached hydrogens (tertiary/aromatic N) is 3. The lowest BCUT2D eigenvalue weighted by Crippen LogP contribution is -2.56. The van der Waals surface area contributed by atoms with Gasteiger partial charge in [0.05, 0.1) is 0 Å². The monoisotopic (exact) mass is 259 g/mol. The van der Waals surface area contributed by atoms with E-state index in [1.54, 1.807) is 24.5 Å². The number of pyridine rings is 1. The third kappa shape index (κ3) is 2.37. The zero-order valence-electron chi connectivity index (χ0n) is 11.6. The lowest BCUT2D eigenvalue weighted by Gasteiger charge is -2.44. The molecular formula is C15H21N3O. The van der Waals surface area contributed by atoms with Crippen LogP contribution in [0.15, 0.2) is 24.5 Å². The van der Waals surface area contributed by atoms with Crippen molar-refractivity contribution in [1.29, 1.82) is 0 Å². The van der Waals surface area contributed by atoms with Gasteiger partial charge in [-0.15, -0.1) is 0 Å². The summed E-state index contributed by atoms with van der Waals surface area (Å²) in [5.74, 6) is 1.54. The first-order valence-electron chi connectivity index (χ1n) is 7.08. The maximum Gasteiger partial charge on any atom is 0.254 e. The Morgan fingerprint density at radius 2 is 2.05 bits per heavy atom. The molecule has 4 nitrogen and oxygen atoms in total. The number of hydrogen-bond donors (Lipinski definition) is 0. The van der Waals surface area contributed by atoms with Crippen LogP contribution in [0.5, 0.6) is 0 Å². The number of likely N-dealkylation sites (tertiary alicyclic amines) is 2. The summed E-state index contributed by atoms with van der Waals surface area (Å²) in [6, 6.07) is 4.19. The molecule has 1 aromatic rings. The van der Waals surface area contributed by atoms with Crippen LogP contribution in [0.4, 0.5) is 0 Å². The third-order valence-electron chi connectivity index (χ3n) is 4.16. The van der Waals surface area contributed by atoms with E-state index in [-0.39, 0.29) is 5.91 Å². The van der Waals surface area contributed by atoms with Gasteiger partial charge in [-0.2, -0.15) is 0 Å². The summed E-state index contributed by atoms with van der Waals surface area (Å²) in [5, 5.41) is 0. The molecule has 19 heavy (non-hydrogen) atoms. The maximum absolute atomic E-state index is 12.4. The molecule has 2 aliphatic heterocycles. The van der Waals surface area contributed by atoms with Gasteiger partial charge in [-0.1, -0.05) is 13.8 Å². The third-order valence-corrected chi connectivity index (χ3v) is 4.16. The van der Waals surface area contributed by atoms with Crippen LogP contribution in [0.25, 0.3) is 0 Å². The van der Waals surface area contributed by atoms with Crippen molar-refractivity contribution in [2.75, 3.05) is 26.2 Å². The van der Waals surface area contributed by atoms with E-state index in [1.165, 1.54) is 0 Å². The van der Waals surface area contributed by atoms with E-state index in [0.717, 1.165) is 31.7 Å². The highest BCUT2D eigenvalue weighted by Crippen LogP contribution is 2.33. The highest BCUT2D eigenvalue weighted by atomic mass is 16.2. The minimum absolute atomic E-state index is 0.154. The second-order valence-electron chi connectivity index (χ2n) is 6.12. The van der Waals surface area contributed by atoms with Crippen molar-refractivity contribution in [3.8, 4) is 0 Å². The fourth-order valence-electron chi connectivity index (χ4n) is 3.27. The SMILES string of the molecule is CC(C)CN1C[C@H]2CN(C(=O)c3ccncc3)C[C@@H]21. The molecule has 1 aromatic heterocycles. The van der Waals surface area contributed by atoms with Gasteiger partial charge in [-0.05, 0) is 18.1 Å². The van der Waals surface area contributed by atoms with Gasteiger partial charge >= 0.3 is 0 Å². The molecule has 0 spiro atoms. The number of fused-ring (bicyclic) bond motifs is 1. The van der Waals surface area contributed by atoms with Gasteiger partial charge in [0.25, 0.3) is 5.91 Å². The Bertz CT molecular complexity index is 460. The Kier molecular flexibility index (Phi) is 3.27. The zero-order valence-corrected chi connectivity index (χ0v) is 11.6. The Labute approximate surface area is 114 Å². The molecule has 0 unspecified atom stereocenters. The molecule has 2 atom stereocenters. The molecule has 102 valence electrons. The van der Waals surface area contributed by atoms with Crippen molar-refractivity contribution in [3.63, 3.8) is 0 Å². The van der Waals surface area contributed by atoms with Gasteiger partial charge < -0.3 is 4.90 Å². The van der Waals surface area contributed by atoms with Crippen LogP contribution in [0, 0.1) is 11.8 Å². The first kappa shape index (κ1) is 12.6. The predicted molar refractivity (Wildman–Crippen MR) is 73.8 cm³/mol. The average Bonchev–Trinajstić information content (AvgIpc) is 2.74. The van der Waals surface area contributed by atoms with Crippen molar-refractivity contribution in [3.05, 3.63) is 30.1 Å². The lowest BCUT2D eigenvalue weighted by atomic mass is 9.91. The predicted octanol–water partition coefficient (Wildman–Crippen LogP) is 1.49. The number of rotatable bonds is 3. The van der Waals surface area contributed by atoms with Crippen LogP contribution in [-0.2, 0) is 0 Å². The van der Waals surface area contributed by atoms with Gasteiger partial charge in [0.15, 0.2) is 0 Å². The lowest BCUT2D eigenvalue weighted by molar-refractivity contribution is 0.0402. The van der Waals surface area contributed by atoms with Gasteiger partial charge in [0.2, 0.25) is 0 Å². The van der Waals surface area contributed by atoms with Crippen LogP contribution >= 0.6 is 0 Å². The molecule has 0 N–H and O–H groups in total. The highest BCUT2D eigenvalue weighted by molar-refractivity contribution is 5.94. The van der Waals surface area contributed by atoms with E-state index in [0.29, 0.717) is 17.9 Å². The van der Waals surface area contributed by atoms with E-state index in [1.807, 2.05) is 4.90 Å². The Balaban J connectivity index is 1.62. The minimum Gasteiger partial charge on any atom is -0.337 e. The van der Waals surface area contributed by atoms with Crippen LogP contribution < -0.4 is 0 Å². The van der Waals surface area contributed by atoms with Gasteiger partial charge in [0.1, 0.15) is 0 Å². The number of aromatic nitrogens is 1. The fourth-order valence-corrected chi connectivity index (χ4v) is 3.27. The average molecular weight is 259 g/mol. The molecule has 4 heteroatoms. The molecule has 2 saturated heterocycles. The van der Waals surface area contributed by atoms with E-state index in [4.69, 9.17) is 0 Å². The first-order valence-corrected chi connectivity index (χ1v) is 7.08. The molecule has 3 heterocycles. The van der Waals surface area contributed by atoms with Crippen molar-refractivity contribution in [2.24, 2.45) is 11.8 Å². The van der Waals surface area contributed by atoms with Gasteiger partial charge in [-0.25, -0.2) is 0 Å². The number of hydrogen-bond acceptors (Lipinski definition) is 3. The summed E-state index contributed by atoms with van der Waals surface area (Å²) in [6.45, 7) is 8.62. The molecule has 3 rings (SSSR count). The summed E-state index contributed by atoms with van der Waals surface area (Å²) in [5.41, 5.74) is 0.756. The summed E-state index contributed by atoms with van der Waals surface area (Å²) in [7, 11) is 0. The van der Waals surface area contributed by atoms with E-state index < -0.39 is 0 Å². The second kappa shape index (κ2) is 4.93. The Morgan fingerprint density at radius 1 is 1.32 bits per heavy atom. The Hall–Kier alpha value is -1.42. The summed E-state index contributed by atoms with van der Waals surface area (Å²) < 4.78 is 0.